The van der Waals surface area contributed by atoms with Gasteiger partial charge in [0.1, 0.15) is 4.88 Å². The van der Waals surface area contributed by atoms with E-state index < -0.39 is 0 Å². The number of hydrogen-bond acceptors (Lipinski definition) is 4. The summed E-state index contributed by atoms with van der Waals surface area (Å²) in [4.78, 5) is 18.0. The van der Waals surface area contributed by atoms with Gasteiger partial charge in [0.15, 0.2) is 0 Å². The molecule has 0 spiro atoms. The minimum absolute atomic E-state index is 0.375. The second kappa shape index (κ2) is 4.72. The molecule has 1 aliphatic rings. The number of likely N-dealkylation sites (tertiary alicyclic amines) is 1. The standard InChI is InChI=1S/C10H15N3OS/c11-10(14)8-7-12-9(15-8)3-6-13-4-1-2-5-13/h7H,1-6H2,(H2,11,14). The van der Waals surface area contributed by atoms with Gasteiger partial charge >= 0.3 is 0 Å². The second-order valence-electron chi connectivity index (χ2n) is 3.78. The summed E-state index contributed by atoms with van der Waals surface area (Å²) in [5.41, 5.74) is 5.17. The molecule has 0 aliphatic carbocycles. The molecule has 2 heterocycles. The predicted molar refractivity (Wildman–Crippen MR) is 60.0 cm³/mol. The van der Waals surface area contributed by atoms with E-state index in [1.54, 1.807) is 6.20 Å². The smallest absolute Gasteiger partial charge is 0.260 e. The normalized spacial score (nSPS) is 17.1. The molecule has 2 rings (SSSR count). The van der Waals surface area contributed by atoms with Crippen molar-refractivity contribution in [1.29, 1.82) is 0 Å². The molecule has 1 amide bonds. The highest BCUT2D eigenvalue weighted by Crippen LogP contribution is 2.14. The first-order chi connectivity index (χ1) is 7.25. The van der Waals surface area contributed by atoms with Crippen molar-refractivity contribution < 1.29 is 4.79 Å². The zero-order chi connectivity index (χ0) is 10.7. The first-order valence-electron chi connectivity index (χ1n) is 5.22. The average molecular weight is 225 g/mol. The lowest BCUT2D eigenvalue weighted by Gasteiger charge is -2.12. The Bertz CT molecular complexity index is 344. The van der Waals surface area contributed by atoms with Gasteiger partial charge in [0.25, 0.3) is 5.91 Å². The summed E-state index contributed by atoms with van der Waals surface area (Å²) in [7, 11) is 0. The van der Waals surface area contributed by atoms with Crippen molar-refractivity contribution in [3.8, 4) is 0 Å². The van der Waals surface area contributed by atoms with E-state index >= 15 is 0 Å². The lowest BCUT2D eigenvalue weighted by atomic mass is 10.4. The molecule has 1 saturated heterocycles. The maximum absolute atomic E-state index is 10.9. The van der Waals surface area contributed by atoms with Crippen LogP contribution < -0.4 is 5.73 Å². The predicted octanol–water partition coefficient (Wildman–Crippen LogP) is 0.880. The van der Waals surface area contributed by atoms with Gasteiger partial charge in [-0.05, 0) is 25.9 Å². The number of carbonyl (C=O) groups is 1. The Balaban J connectivity index is 1.84. The van der Waals surface area contributed by atoms with Crippen LogP contribution in [0.4, 0.5) is 0 Å². The Hall–Kier alpha value is -0.940. The minimum atomic E-state index is -0.375. The molecule has 0 saturated carbocycles. The number of nitrogens with two attached hydrogens (primary N) is 1. The van der Waals surface area contributed by atoms with Gasteiger partial charge in [-0.25, -0.2) is 4.98 Å². The third-order valence-electron chi connectivity index (χ3n) is 2.64. The van der Waals surface area contributed by atoms with Gasteiger partial charge in [-0.1, -0.05) is 0 Å². The summed E-state index contributed by atoms with van der Waals surface area (Å²) < 4.78 is 0. The maximum atomic E-state index is 10.9. The molecule has 5 heteroatoms. The lowest BCUT2D eigenvalue weighted by molar-refractivity contribution is 0.100. The number of rotatable bonds is 4. The topological polar surface area (TPSA) is 59.2 Å². The fourth-order valence-electron chi connectivity index (χ4n) is 1.80. The molecular formula is C10H15N3OS. The molecule has 1 aromatic heterocycles. The molecule has 0 atom stereocenters. The molecule has 0 bridgehead atoms. The van der Waals surface area contributed by atoms with Crippen LogP contribution in [0.5, 0.6) is 0 Å². The van der Waals surface area contributed by atoms with Gasteiger partial charge < -0.3 is 10.6 Å². The molecule has 1 aliphatic heterocycles. The van der Waals surface area contributed by atoms with Crippen LogP contribution in [0.2, 0.25) is 0 Å². The van der Waals surface area contributed by atoms with E-state index in [-0.39, 0.29) is 5.91 Å². The van der Waals surface area contributed by atoms with Crippen LogP contribution in [0, 0.1) is 0 Å². The molecule has 82 valence electrons. The van der Waals surface area contributed by atoms with E-state index in [4.69, 9.17) is 5.73 Å². The number of nitrogens with zero attached hydrogens (tertiary/aromatic N) is 2. The van der Waals surface area contributed by atoms with Crippen molar-refractivity contribution in [1.82, 2.24) is 9.88 Å². The molecule has 0 radical (unpaired) electrons. The molecule has 1 fully saturated rings. The van der Waals surface area contributed by atoms with E-state index in [1.165, 1.54) is 37.3 Å². The van der Waals surface area contributed by atoms with Crippen LogP contribution in [0.1, 0.15) is 27.5 Å². The quantitative estimate of drug-likeness (QED) is 0.827. The van der Waals surface area contributed by atoms with Crippen molar-refractivity contribution in [2.75, 3.05) is 19.6 Å². The first-order valence-corrected chi connectivity index (χ1v) is 6.04. The zero-order valence-electron chi connectivity index (χ0n) is 8.61. The number of amides is 1. The molecule has 0 aromatic carbocycles. The van der Waals surface area contributed by atoms with Gasteiger partial charge in [0.2, 0.25) is 0 Å². The summed E-state index contributed by atoms with van der Waals surface area (Å²) in [5.74, 6) is -0.375. The van der Waals surface area contributed by atoms with E-state index in [0.29, 0.717) is 4.88 Å². The molecule has 2 N–H and O–H groups in total. The first kappa shape index (κ1) is 10.6. The Morgan fingerprint density at radius 2 is 2.27 bits per heavy atom. The van der Waals surface area contributed by atoms with Crippen LogP contribution in [0.3, 0.4) is 0 Å². The summed E-state index contributed by atoms with van der Waals surface area (Å²) in [5, 5.41) is 1.01. The number of primary amides is 1. The highest BCUT2D eigenvalue weighted by atomic mass is 32.1. The highest BCUT2D eigenvalue weighted by Gasteiger charge is 2.12. The summed E-state index contributed by atoms with van der Waals surface area (Å²) in [6, 6.07) is 0. The number of aromatic nitrogens is 1. The van der Waals surface area contributed by atoms with Crippen molar-refractivity contribution in [2.24, 2.45) is 5.73 Å². The third-order valence-corrected chi connectivity index (χ3v) is 3.71. The summed E-state index contributed by atoms with van der Waals surface area (Å²) >= 11 is 1.41. The molecule has 15 heavy (non-hydrogen) atoms. The van der Waals surface area contributed by atoms with Crippen molar-refractivity contribution in [3.05, 3.63) is 16.1 Å². The number of carbonyl (C=O) groups excluding carboxylic acids is 1. The third kappa shape index (κ3) is 2.76. The number of thiazole rings is 1. The van der Waals surface area contributed by atoms with Crippen LogP contribution in [-0.4, -0.2) is 35.4 Å². The highest BCUT2D eigenvalue weighted by molar-refractivity contribution is 7.13. The number of hydrogen-bond donors (Lipinski definition) is 1. The van der Waals surface area contributed by atoms with Crippen molar-refractivity contribution in [3.63, 3.8) is 0 Å². The Kier molecular flexibility index (Phi) is 3.33. The zero-order valence-corrected chi connectivity index (χ0v) is 9.42. The summed E-state index contributed by atoms with van der Waals surface area (Å²) in [6.45, 7) is 3.45. The Labute approximate surface area is 93.1 Å². The molecule has 4 nitrogen and oxygen atoms in total. The maximum Gasteiger partial charge on any atom is 0.260 e. The van der Waals surface area contributed by atoms with Crippen LogP contribution in [-0.2, 0) is 6.42 Å². The van der Waals surface area contributed by atoms with Gasteiger partial charge in [0.05, 0.1) is 11.2 Å². The Morgan fingerprint density at radius 1 is 1.53 bits per heavy atom. The van der Waals surface area contributed by atoms with Gasteiger partial charge in [-0.2, -0.15) is 0 Å². The Morgan fingerprint density at radius 3 is 2.87 bits per heavy atom. The van der Waals surface area contributed by atoms with E-state index in [2.05, 4.69) is 9.88 Å². The average Bonchev–Trinajstić information content (AvgIpc) is 2.86. The van der Waals surface area contributed by atoms with Crippen molar-refractivity contribution in [2.45, 2.75) is 19.3 Å². The fraction of sp³-hybridized carbons (Fsp3) is 0.600. The molecule has 0 unspecified atom stereocenters. The van der Waals surface area contributed by atoms with E-state index in [0.717, 1.165) is 18.0 Å². The fourth-order valence-corrected chi connectivity index (χ4v) is 2.56. The van der Waals surface area contributed by atoms with E-state index in [1.807, 2.05) is 0 Å². The monoisotopic (exact) mass is 225 g/mol. The molecule has 1 aromatic rings. The van der Waals surface area contributed by atoms with Gasteiger partial charge in [-0.3, -0.25) is 4.79 Å². The van der Waals surface area contributed by atoms with Gasteiger partial charge in [-0.15, -0.1) is 11.3 Å². The second-order valence-corrected chi connectivity index (χ2v) is 4.90. The van der Waals surface area contributed by atoms with Gasteiger partial charge in [0, 0.05) is 13.0 Å². The van der Waals surface area contributed by atoms with E-state index in [9.17, 15) is 4.79 Å². The minimum Gasteiger partial charge on any atom is -0.365 e. The van der Waals surface area contributed by atoms with Crippen LogP contribution in [0.15, 0.2) is 6.20 Å². The lowest BCUT2D eigenvalue weighted by Crippen LogP contribution is -2.21. The summed E-state index contributed by atoms with van der Waals surface area (Å²) in [6.07, 6.45) is 5.12. The largest absolute Gasteiger partial charge is 0.365 e. The SMILES string of the molecule is NC(=O)c1cnc(CCN2CCCC2)s1. The van der Waals surface area contributed by atoms with Crippen LogP contribution >= 0.6 is 11.3 Å². The van der Waals surface area contributed by atoms with Crippen LogP contribution in [0.25, 0.3) is 0 Å². The molecular weight excluding hydrogens is 210 g/mol. The van der Waals surface area contributed by atoms with Crippen molar-refractivity contribution >= 4 is 17.2 Å².